The molecule has 0 aliphatic carbocycles. The minimum absolute atomic E-state index is 0.0768. The predicted octanol–water partition coefficient (Wildman–Crippen LogP) is 1.22. The van der Waals surface area contributed by atoms with Gasteiger partial charge in [0.05, 0.1) is 10.9 Å². The highest BCUT2D eigenvalue weighted by Crippen LogP contribution is 2.41. The van der Waals surface area contributed by atoms with Crippen molar-refractivity contribution >= 4 is 29.9 Å². The Labute approximate surface area is 148 Å². The van der Waals surface area contributed by atoms with Crippen molar-refractivity contribution in [1.82, 2.24) is 4.90 Å². The maximum absolute atomic E-state index is 13.3. The summed E-state index contributed by atoms with van der Waals surface area (Å²) in [5.41, 5.74) is 10.6. The summed E-state index contributed by atoms with van der Waals surface area (Å²) in [6, 6.07) is 4.08. The summed E-state index contributed by atoms with van der Waals surface area (Å²) < 4.78 is 13.3. The van der Waals surface area contributed by atoms with Crippen LogP contribution in [-0.2, 0) is 16.0 Å². The fourth-order valence-electron chi connectivity index (χ4n) is 3.54. The number of amides is 2. The van der Waals surface area contributed by atoms with Crippen molar-refractivity contribution in [3.05, 3.63) is 34.6 Å². The van der Waals surface area contributed by atoms with Gasteiger partial charge in [-0.25, -0.2) is 9.18 Å². The van der Waals surface area contributed by atoms with Gasteiger partial charge in [0.1, 0.15) is 17.8 Å². The molecular weight excluding hydrogens is 353 g/mol. The van der Waals surface area contributed by atoms with Gasteiger partial charge in [-0.1, -0.05) is 24.6 Å². The van der Waals surface area contributed by atoms with Gasteiger partial charge in [0.2, 0.25) is 5.91 Å². The van der Waals surface area contributed by atoms with Gasteiger partial charge in [-0.15, -0.1) is 0 Å². The largest absolute Gasteiger partial charge is 0.465 e. The van der Waals surface area contributed by atoms with E-state index in [0.29, 0.717) is 11.8 Å². The number of carbonyl (C=O) groups excluding carboxylic acids is 2. The van der Waals surface area contributed by atoms with E-state index >= 15 is 0 Å². The molecule has 1 aliphatic rings. The summed E-state index contributed by atoms with van der Waals surface area (Å²) in [6.45, 7) is 1.36. The molecule has 1 aromatic carbocycles. The number of nitrogens with two attached hydrogens (primary N) is 2. The van der Waals surface area contributed by atoms with E-state index in [9.17, 15) is 23.9 Å². The number of aldehydes is 1. The SMILES string of the molecule is CC(C=O)C1(N)C(C(N)=O)C(Cc2ccc(F)c(Cl)c2)CN1C(=O)O. The topological polar surface area (TPSA) is 127 Å². The molecule has 25 heavy (non-hydrogen) atoms. The molecule has 9 heteroatoms. The average Bonchev–Trinajstić information content (AvgIpc) is 2.84. The highest BCUT2D eigenvalue weighted by Gasteiger charge is 2.58. The first kappa shape index (κ1) is 19.1. The number of carbonyl (C=O) groups is 3. The zero-order valence-electron chi connectivity index (χ0n) is 13.5. The number of primary amides is 1. The number of benzene rings is 1. The molecule has 0 saturated carbocycles. The third-order valence-electron chi connectivity index (χ3n) is 4.81. The second kappa shape index (κ2) is 6.97. The van der Waals surface area contributed by atoms with Crippen LogP contribution in [0.3, 0.4) is 0 Å². The molecule has 2 rings (SSSR count). The fourth-order valence-corrected chi connectivity index (χ4v) is 3.74. The highest BCUT2D eigenvalue weighted by molar-refractivity contribution is 6.30. The van der Waals surface area contributed by atoms with Crippen molar-refractivity contribution in [1.29, 1.82) is 0 Å². The molecule has 0 aromatic heterocycles. The number of nitrogens with zero attached hydrogens (tertiary/aromatic N) is 1. The van der Waals surface area contributed by atoms with Gasteiger partial charge in [-0.05, 0) is 30.0 Å². The lowest BCUT2D eigenvalue weighted by atomic mass is 9.77. The average molecular weight is 372 g/mol. The van der Waals surface area contributed by atoms with E-state index in [0.717, 1.165) is 4.90 Å². The van der Waals surface area contributed by atoms with Crippen LogP contribution in [0.15, 0.2) is 18.2 Å². The van der Waals surface area contributed by atoms with Gasteiger partial charge in [-0.2, -0.15) is 0 Å². The Morgan fingerprint density at radius 2 is 2.20 bits per heavy atom. The van der Waals surface area contributed by atoms with Gasteiger partial charge in [0, 0.05) is 12.5 Å². The molecule has 7 nitrogen and oxygen atoms in total. The molecule has 0 radical (unpaired) electrons. The molecule has 2 amide bonds. The van der Waals surface area contributed by atoms with Crippen LogP contribution in [0.25, 0.3) is 0 Å². The van der Waals surface area contributed by atoms with E-state index < -0.39 is 41.2 Å². The summed E-state index contributed by atoms with van der Waals surface area (Å²) >= 11 is 5.76. The number of likely N-dealkylation sites (tertiary alicyclic amines) is 1. The van der Waals surface area contributed by atoms with Crippen LogP contribution >= 0.6 is 11.6 Å². The molecule has 4 unspecified atom stereocenters. The van der Waals surface area contributed by atoms with Crippen molar-refractivity contribution in [3.63, 3.8) is 0 Å². The van der Waals surface area contributed by atoms with Crippen LogP contribution in [0.1, 0.15) is 12.5 Å². The Balaban J connectivity index is 2.43. The van der Waals surface area contributed by atoms with Crippen molar-refractivity contribution in [2.24, 2.45) is 29.2 Å². The predicted molar refractivity (Wildman–Crippen MR) is 88.2 cm³/mol. The van der Waals surface area contributed by atoms with E-state index in [4.69, 9.17) is 23.1 Å². The molecule has 1 fully saturated rings. The Bertz CT molecular complexity index is 717. The molecular formula is C16H19ClFN3O4. The van der Waals surface area contributed by atoms with E-state index in [1.165, 1.54) is 25.1 Å². The number of hydrogen-bond donors (Lipinski definition) is 3. The van der Waals surface area contributed by atoms with Gasteiger partial charge in [-0.3, -0.25) is 9.69 Å². The van der Waals surface area contributed by atoms with E-state index in [-0.39, 0.29) is 18.0 Å². The molecule has 5 N–H and O–H groups in total. The molecule has 0 spiro atoms. The second-order valence-electron chi connectivity index (χ2n) is 6.30. The first-order chi connectivity index (χ1) is 11.6. The van der Waals surface area contributed by atoms with Crippen molar-refractivity contribution in [2.75, 3.05) is 6.54 Å². The number of hydrogen-bond acceptors (Lipinski definition) is 4. The lowest BCUT2D eigenvalue weighted by molar-refractivity contribution is -0.128. The van der Waals surface area contributed by atoms with E-state index in [1.807, 2.05) is 0 Å². The maximum Gasteiger partial charge on any atom is 0.408 e. The lowest BCUT2D eigenvalue weighted by Crippen LogP contribution is -2.64. The number of carboxylic acid groups (broad SMARTS) is 1. The first-order valence-corrected chi connectivity index (χ1v) is 7.98. The molecule has 1 saturated heterocycles. The van der Waals surface area contributed by atoms with Crippen LogP contribution in [0.5, 0.6) is 0 Å². The number of halogens is 2. The number of rotatable bonds is 5. The standard InChI is InChI=1S/C16H19ClFN3O4/c1-8(7-22)16(20)13(14(19)23)10(6-21(16)15(24)25)4-9-2-3-12(18)11(17)5-9/h2-3,5,7-8,10,13H,4,6,20H2,1H3,(H2,19,23)(H,24,25). The summed E-state index contributed by atoms with van der Waals surface area (Å²) in [4.78, 5) is 35.8. The van der Waals surface area contributed by atoms with Crippen LogP contribution in [0.4, 0.5) is 9.18 Å². The molecule has 4 atom stereocenters. The van der Waals surface area contributed by atoms with Crippen LogP contribution in [-0.4, -0.2) is 40.5 Å². The van der Waals surface area contributed by atoms with Gasteiger partial charge in [0.15, 0.2) is 0 Å². The Morgan fingerprint density at radius 1 is 1.56 bits per heavy atom. The van der Waals surface area contributed by atoms with Crippen molar-refractivity contribution in [2.45, 2.75) is 19.0 Å². The lowest BCUT2D eigenvalue weighted by Gasteiger charge is -2.39. The smallest absolute Gasteiger partial charge is 0.408 e. The van der Waals surface area contributed by atoms with Crippen molar-refractivity contribution < 1.29 is 23.9 Å². The minimum Gasteiger partial charge on any atom is -0.465 e. The fraction of sp³-hybridized carbons (Fsp3) is 0.438. The Hall–Kier alpha value is -2.19. The second-order valence-corrected chi connectivity index (χ2v) is 6.71. The summed E-state index contributed by atoms with van der Waals surface area (Å²) in [5.74, 6) is -3.96. The molecule has 0 bridgehead atoms. The zero-order chi connectivity index (χ0) is 18.9. The zero-order valence-corrected chi connectivity index (χ0v) is 14.2. The summed E-state index contributed by atoms with van der Waals surface area (Å²) in [6.07, 6.45) is -0.632. The van der Waals surface area contributed by atoms with Gasteiger partial charge in [0.25, 0.3) is 0 Å². The quantitative estimate of drug-likeness (QED) is 0.671. The summed E-state index contributed by atoms with van der Waals surface area (Å²) in [5, 5.41) is 9.38. The Kier molecular flexibility index (Phi) is 5.34. The highest BCUT2D eigenvalue weighted by atomic mass is 35.5. The third-order valence-corrected chi connectivity index (χ3v) is 5.10. The van der Waals surface area contributed by atoms with Gasteiger partial charge >= 0.3 is 6.09 Å². The molecule has 1 heterocycles. The third kappa shape index (κ3) is 3.32. The van der Waals surface area contributed by atoms with Gasteiger partial charge < -0.3 is 21.4 Å². The van der Waals surface area contributed by atoms with E-state index in [1.54, 1.807) is 0 Å². The van der Waals surface area contributed by atoms with Crippen LogP contribution in [0.2, 0.25) is 5.02 Å². The Morgan fingerprint density at radius 3 is 2.68 bits per heavy atom. The van der Waals surface area contributed by atoms with Crippen LogP contribution < -0.4 is 11.5 Å². The molecule has 136 valence electrons. The van der Waals surface area contributed by atoms with E-state index in [2.05, 4.69) is 0 Å². The maximum atomic E-state index is 13.3. The normalized spacial score (nSPS) is 27.1. The van der Waals surface area contributed by atoms with Crippen LogP contribution in [0, 0.1) is 23.6 Å². The first-order valence-electron chi connectivity index (χ1n) is 7.60. The monoisotopic (exact) mass is 371 g/mol. The summed E-state index contributed by atoms with van der Waals surface area (Å²) in [7, 11) is 0. The van der Waals surface area contributed by atoms with Crippen molar-refractivity contribution in [3.8, 4) is 0 Å². The molecule has 1 aliphatic heterocycles. The molecule has 1 aromatic rings. The minimum atomic E-state index is -1.74.